The Bertz CT molecular complexity index is 822. The minimum Gasteiger partial charge on any atom is -0.293 e. The van der Waals surface area contributed by atoms with Crippen LogP contribution >= 0.6 is 46.3 Å². The fourth-order valence-corrected chi connectivity index (χ4v) is 4.02. The van der Waals surface area contributed by atoms with Gasteiger partial charge < -0.3 is 0 Å². The van der Waals surface area contributed by atoms with E-state index in [0.29, 0.717) is 22.2 Å². The fourth-order valence-electron chi connectivity index (χ4n) is 1.73. The third-order valence-corrected chi connectivity index (χ3v) is 5.36. The molecule has 3 rings (SSSR count). The highest BCUT2D eigenvalue weighted by Gasteiger charge is 2.13. The molecule has 0 radical (unpaired) electrons. The van der Waals surface area contributed by atoms with E-state index in [-0.39, 0.29) is 11.5 Å². The van der Waals surface area contributed by atoms with Crippen molar-refractivity contribution in [3.8, 4) is 0 Å². The Labute approximate surface area is 149 Å². The van der Waals surface area contributed by atoms with Crippen LogP contribution in [0.1, 0.15) is 15.4 Å². The van der Waals surface area contributed by atoms with E-state index in [9.17, 15) is 4.79 Å². The van der Waals surface area contributed by atoms with Crippen molar-refractivity contribution in [1.82, 2.24) is 25.0 Å². The zero-order valence-electron chi connectivity index (χ0n) is 11.5. The second-order valence-corrected chi connectivity index (χ2v) is 7.52. The molecule has 0 saturated carbocycles. The summed E-state index contributed by atoms with van der Waals surface area (Å²) in [5.41, 5.74) is 0.455. The first-order valence-electron chi connectivity index (χ1n) is 6.37. The number of carbonyl (C=O) groups excluding carboxylic acids is 1. The number of carbonyl (C=O) groups is 1. The summed E-state index contributed by atoms with van der Waals surface area (Å²) in [4.78, 5) is 16.1. The molecule has 10 heteroatoms. The average Bonchev–Trinajstić information content (AvgIpc) is 3.17. The van der Waals surface area contributed by atoms with Crippen LogP contribution in [0.2, 0.25) is 10.0 Å². The zero-order chi connectivity index (χ0) is 16.2. The van der Waals surface area contributed by atoms with Crippen molar-refractivity contribution in [2.75, 3.05) is 5.75 Å². The number of rotatable bonds is 6. The molecule has 2 aromatic heterocycles. The molecule has 2 heterocycles. The van der Waals surface area contributed by atoms with Gasteiger partial charge in [0.05, 0.1) is 17.3 Å². The minimum absolute atomic E-state index is 0.0790. The maximum Gasteiger partial charge on any atom is 0.174 e. The molecule has 118 valence electrons. The summed E-state index contributed by atoms with van der Waals surface area (Å²) in [6, 6.07) is 4.83. The first kappa shape index (κ1) is 16.4. The number of ketones is 1. The smallest absolute Gasteiger partial charge is 0.174 e. The molecule has 0 fully saturated rings. The van der Waals surface area contributed by atoms with Crippen LogP contribution in [0.5, 0.6) is 0 Å². The van der Waals surface area contributed by atoms with Gasteiger partial charge in [0, 0.05) is 10.6 Å². The minimum atomic E-state index is -0.0790. The van der Waals surface area contributed by atoms with Crippen molar-refractivity contribution in [2.24, 2.45) is 0 Å². The Morgan fingerprint density at radius 3 is 2.91 bits per heavy atom. The van der Waals surface area contributed by atoms with Gasteiger partial charge in [-0.05, 0) is 18.2 Å². The van der Waals surface area contributed by atoms with Crippen LogP contribution in [-0.4, -0.2) is 36.5 Å². The molecule has 3 aromatic rings. The van der Waals surface area contributed by atoms with E-state index in [1.165, 1.54) is 29.4 Å². The third-order valence-electron chi connectivity index (χ3n) is 2.77. The maximum absolute atomic E-state index is 12.2. The van der Waals surface area contributed by atoms with Gasteiger partial charge >= 0.3 is 0 Å². The molecular formula is C13H9Cl2N5OS2. The van der Waals surface area contributed by atoms with Crippen LogP contribution in [0.25, 0.3) is 0 Å². The number of nitrogens with zero attached hydrogens (tertiary/aromatic N) is 5. The second kappa shape index (κ2) is 7.39. The lowest BCUT2D eigenvalue weighted by Gasteiger charge is -2.02. The van der Waals surface area contributed by atoms with E-state index in [4.69, 9.17) is 23.2 Å². The average molecular weight is 386 g/mol. The number of thioether (sulfide) groups is 1. The molecule has 0 amide bonds. The Morgan fingerprint density at radius 1 is 1.30 bits per heavy atom. The number of hydrogen-bond donors (Lipinski definition) is 0. The van der Waals surface area contributed by atoms with Gasteiger partial charge in [-0.25, -0.2) is 9.67 Å². The highest BCUT2D eigenvalue weighted by atomic mass is 35.5. The van der Waals surface area contributed by atoms with Crippen LogP contribution in [0.3, 0.4) is 0 Å². The normalized spacial score (nSPS) is 10.9. The lowest BCUT2D eigenvalue weighted by molar-refractivity contribution is 0.102. The Balaban J connectivity index is 1.60. The van der Waals surface area contributed by atoms with Crippen LogP contribution in [-0.2, 0) is 6.54 Å². The predicted octanol–water partition coefficient (Wildman–Crippen LogP) is 3.46. The van der Waals surface area contributed by atoms with Crippen molar-refractivity contribution in [3.63, 3.8) is 0 Å². The number of hydrogen-bond acceptors (Lipinski definition) is 7. The highest BCUT2D eigenvalue weighted by Crippen LogP contribution is 2.26. The Hall–Kier alpha value is -1.48. The van der Waals surface area contributed by atoms with Crippen LogP contribution in [0, 0.1) is 0 Å². The van der Waals surface area contributed by atoms with Crippen LogP contribution < -0.4 is 0 Å². The van der Waals surface area contributed by atoms with E-state index in [1.807, 2.05) is 0 Å². The Kier molecular flexibility index (Phi) is 5.27. The molecule has 0 aliphatic heterocycles. The van der Waals surface area contributed by atoms with Crippen molar-refractivity contribution in [3.05, 3.63) is 51.5 Å². The molecule has 0 aliphatic carbocycles. The van der Waals surface area contributed by atoms with Crippen molar-refractivity contribution in [1.29, 1.82) is 0 Å². The van der Waals surface area contributed by atoms with Gasteiger partial charge in [-0.1, -0.05) is 46.3 Å². The summed E-state index contributed by atoms with van der Waals surface area (Å²) in [5, 5.41) is 13.8. The van der Waals surface area contributed by atoms with Gasteiger partial charge in [-0.2, -0.15) is 5.10 Å². The van der Waals surface area contributed by atoms with Gasteiger partial charge in [-0.3, -0.25) is 4.79 Å². The number of Topliss-reactive ketones (excluding diaryl/α,β-unsaturated/α-hetero) is 1. The molecule has 0 aliphatic rings. The SMILES string of the molecule is O=C(CSc1nnc(Cn2cncn2)s1)c1ccc(Cl)cc1Cl. The second-order valence-electron chi connectivity index (χ2n) is 4.39. The number of halogens is 2. The monoisotopic (exact) mass is 385 g/mol. The van der Waals surface area contributed by atoms with Crippen LogP contribution in [0.15, 0.2) is 35.2 Å². The van der Waals surface area contributed by atoms with E-state index >= 15 is 0 Å². The third kappa shape index (κ3) is 4.29. The molecule has 0 unspecified atom stereocenters. The summed E-state index contributed by atoms with van der Waals surface area (Å²) >= 11 is 14.6. The van der Waals surface area contributed by atoms with E-state index in [2.05, 4.69) is 20.3 Å². The summed E-state index contributed by atoms with van der Waals surface area (Å²) in [5.74, 6) is 0.156. The molecular weight excluding hydrogens is 377 g/mol. The molecule has 0 N–H and O–H groups in total. The first-order valence-corrected chi connectivity index (χ1v) is 8.93. The van der Waals surface area contributed by atoms with E-state index in [1.54, 1.807) is 29.2 Å². The first-order chi connectivity index (χ1) is 11.1. The number of aromatic nitrogens is 5. The fraction of sp³-hybridized carbons (Fsp3) is 0.154. The number of benzene rings is 1. The summed E-state index contributed by atoms with van der Waals surface area (Å²) in [6.45, 7) is 0.509. The van der Waals surface area contributed by atoms with Crippen molar-refractivity contribution >= 4 is 52.1 Å². The highest BCUT2D eigenvalue weighted by molar-refractivity contribution is 8.01. The predicted molar refractivity (Wildman–Crippen MR) is 90.5 cm³/mol. The van der Waals surface area contributed by atoms with E-state index < -0.39 is 0 Å². The molecule has 23 heavy (non-hydrogen) atoms. The van der Waals surface area contributed by atoms with Gasteiger partial charge in [0.15, 0.2) is 10.1 Å². The molecule has 0 saturated heterocycles. The van der Waals surface area contributed by atoms with Crippen molar-refractivity contribution < 1.29 is 4.79 Å². The lowest BCUT2D eigenvalue weighted by atomic mass is 10.1. The van der Waals surface area contributed by atoms with Gasteiger partial charge in [0.1, 0.15) is 17.7 Å². The molecule has 1 aromatic carbocycles. The molecule has 0 spiro atoms. The molecule has 0 bridgehead atoms. The maximum atomic E-state index is 12.2. The summed E-state index contributed by atoms with van der Waals surface area (Å²) in [6.07, 6.45) is 3.07. The van der Waals surface area contributed by atoms with Crippen LogP contribution in [0.4, 0.5) is 0 Å². The zero-order valence-corrected chi connectivity index (χ0v) is 14.7. The topological polar surface area (TPSA) is 73.6 Å². The van der Waals surface area contributed by atoms with Gasteiger partial charge in [-0.15, -0.1) is 10.2 Å². The quantitative estimate of drug-likeness (QED) is 0.477. The van der Waals surface area contributed by atoms with Gasteiger partial charge in [0.2, 0.25) is 0 Å². The van der Waals surface area contributed by atoms with Crippen molar-refractivity contribution in [2.45, 2.75) is 10.9 Å². The van der Waals surface area contributed by atoms with Gasteiger partial charge in [0.25, 0.3) is 0 Å². The summed E-state index contributed by atoms with van der Waals surface area (Å²) in [7, 11) is 0. The van der Waals surface area contributed by atoms with E-state index in [0.717, 1.165) is 9.35 Å². The lowest BCUT2D eigenvalue weighted by Crippen LogP contribution is -2.03. The molecule has 0 atom stereocenters. The largest absolute Gasteiger partial charge is 0.293 e. The standard InChI is InChI=1S/C13H9Cl2N5OS2/c14-8-1-2-9(10(15)3-8)11(21)5-22-13-19-18-12(23-13)4-20-7-16-6-17-20/h1-3,6-7H,4-5H2. The molecule has 6 nitrogen and oxygen atoms in total. The Morgan fingerprint density at radius 2 is 2.17 bits per heavy atom. The summed E-state index contributed by atoms with van der Waals surface area (Å²) < 4.78 is 2.38.